The maximum absolute atomic E-state index is 11.2. The predicted octanol–water partition coefficient (Wildman–Crippen LogP) is 4.18. The Morgan fingerprint density at radius 1 is 1.23 bits per heavy atom. The van der Waals surface area contributed by atoms with E-state index >= 15 is 0 Å². The number of carbonyl (C=O) groups excluding carboxylic acids is 1. The second kappa shape index (κ2) is 9.33. The smallest absolute Gasteiger partial charge is 0.308 e. The van der Waals surface area contributed by atoms with Crippen molar-refractivity contribution in [3.05, 3.63) is 29.8 Å². The molecule has 1 aliphatic carbocycles. The number of carbonyl (C=O) groups is 1. The lowest BCUT2D eigenvalue weighted by molar-refractivity contribution is -0.131. The minimum Gasteiger partial charge on any atom is -0.427 e. The van der Waals surface area contributed by atoms with Crippen LogP contribution in [0.3, 0.4) is 0 Å². The zero-order chi connectivity index (χ0) is 21.1. The summed E-state index contributed by atoms with van der Waals surface area (Å²) in [7, 11) is 0. The second-order valence-electron chi connectivity index (χ2n) is 8.96. The SMILES string of the molecule is CCN(C(=S)c1ccc(OC(C)=O)cc1)C1CC2(CCCO2)CCC1N1CCCC1. The zero-order valence-corrected chi connectivity index (χ0v) is 19.1. The minimum absolute atomic E-state index is 0.0448. The number of likely N-dealkylation sites (tertiary alicyclic amines) is 1. The Morgan fingerprint density at radius 3 is 2.57 bits per heavy atom. The Labute approximate surface area is 185 Å². The van der Waals surface area contributed by atoms with Crippen LogP contribution < -0.4 is 4.74 Å². The van der Waals surface area contributed by atoms with E-state index in [4.69, 9.17) is 21.7 Å². The van der Waals surface area contributed by atoms with Crippen LogP contribution in [0.2, 0.25) is 0 Å². The summed E-state index contributed by atoms with van der Waals surface area (Å²) in [6.07, 6.45) is 8.39. The summed E-state index contributed by atoms with van der Waals surface area (Å²) in [5, 5.41) is 0. The van der Waals surface area contributed by atoms with Crippen molar-refractivity contribution in [1.29, 1.82) is 0 Å². The number of nitrogens with zero attached hydrogens (tertiary/aromatic N) is 2. The van der Waals surface area contributed by atoms with Crippen LogP contribution in [0.15, 0.2) is 24.3 Å². The number of thiocarbonyl (C=S) groups is 1. The van der Waals surface area contributed by atoms with Gasteiger partial charge in [0.1, 0.15) is 10.7 Å². The molecule has 0 N–H and O–H groups in total. The van der Waals surface area contributed by atoms with Crippen molar-refractivity contribution in [2.75, 3.05) is 26.2 Å². The molecule has 2 heterocycles. The van der Waals surface area contributed by atoms with Gasteiger partial charge in [-0.25, -0.2) is 0 Å². The highest BCUT2D eigenvalue weighted by Gasteiger charge is 2.47. The highest BCUT2D eigenvalue weighted by Crippen LogP contribution is 2.43. The molecule has 1 spiro atoms. The summed E-state index contributed by atoms with van der Waals surface area (Å²) in [6.45, 7) is 7.81. The number of ether oxygens (including phenoxy) is 2. The molecule has 3 unspecified atom stereocenters. The normalized spacial score (nSPS) is 29.3. The molecule has 3 aliphatic rings. The maximum atomic E-state index is 11.2. The molecule has 0 aromatic heterocycles. The summed E-state index contributed by atoms with van der Waals surface area (Å²) in [6, 6.07) is 8.52. The zero-order valence-electron chi connectivity index (χ0n) is 18.3. The Kier molecular flexibility index (Phi) is 6.75. The molecule has 164 valence electrons. The van der Waals surface area contributed by atoms with E-state index in [-0.39, 0.29) is 11.6 Å². The molecular weight excluding hydrogens is 396 g/mol. The van der Waals surface area contributed by atoms with Gasteiger partial charge in [-0.3, -0.25) is 9.69 Å². The molecule has 0 bridgehead atoms. The van der Waals surface area contributed by atoms with Crippen molar-refractivity contribution in [2.24, 2.45) is 0 Å². The highest BCUT2D eigenvalue weighted by atomic mass is 32.1. The van der Waals surface area contributed by atoms with Gasteiger partial charge in [0.25, 0.3) is 0 Å². The summed E-state index contributed by atoms with van der Waals surface area (Å²) in [5.74, 6) is 0.251. The monoisotopic (exact) mass is 430 g/mol. The van der Waals surface area contributed by atoms with Gasteiger partial charge in [-0.2, -0.15) is 0 Å². The number of rotatable bonds is 5. The molecule has 2 aliphatic heterocycles. The van der Waals surface area contributed by atoms with Gasteiger partial charge in [0.15, 0.2) is 0 Å². The van der Waals surface area contributed by atoms with Crippen molar-refractivity contribution in [1.82, 2.24) is 9.80 Å². The van der Waals surface area contributed by atoms with E-state index < -0.39 is 0 Å². The summed E-state index contributed by atoms with van der Waals surface area (Å²) < 4.78 is 11.5. The number of hydrogen-bond acceptors (Lipinski definition) is 5. The van der Waals surface area contributed by atoms with Gasteiger partial charge in [-0.15, -0.1) is 0 Å². The van der Waals surface area contributed by atoms with Crippen molar-refractivity contribution < 1.29 is 14.3 Å². The lowest BCUT2D eigenvalue weighted by atomic mass is 9.76. The average Bonchev–Trinajstić information content (AvgIpc) is 3.42. The van der Waals surface area contributed by atoms with Crippen molar-refractivity contribution in [3.8, 4) is 5.75 Å². The molecule has 6 heteroatoms. The average molecular weight is 431 g/mol. The molecular formula is C24H34N2O3S. The third-order valence-corrected chi connectivity index (χ3v) is 7.55. The molecule has 2 saturated heterocycles. The third kappa shape index (κ3) is 4.56. The number of benzene rings is 1. The molecule has 1 aromatic rings. The van der Waals surface area contributed by atoms with Crippen LogP contribution in [0.5, 0.6) is 5.75 Å². The van der Waals surface area contributed by atoms with E-state index in [9.17, 15) is 4.79 Å². The first kappa shape index (κ1) is 21.7. The van der Waals surface area contributed by atoms with E-state index in [2.05, 4.69) is 16.7 Å². The van der Waals surface area contributed by atoms with Gasteiger partial charge in [0, 0.05) is 37.7 Å². The number of esters is 1. The molecule has 0 radical (unpaired) electrons. The third-order valence-electron chi connectivity index (χ3n) is 7.08. The predicted molar refractivity (Wildman–Crippen MR) is 122 cm³/mol. The van der Waals surface area contributed by atoms with Crippen molar-refractivity contribution >= 4 is 23.2 Å². The summed E-state index contributed by atoms with van der Waals surface area (Å²) in [5.41, 5.74) is 1.05. The van der Waals surface area contributed by atoms with Gasteiger partial charge in [0.05, 0.1) is 5.60 Å². The highest BCUT2D eigenvalue weighted by molar-refractivity contribution is 7.80. The second-order valence-corrected chi connectivity index (χ2v) is 9.35. The fraction of sp³-hybridized carbons (Fsp3) is 0.667. The molecule has 5 nitrogen and oxygen atoms in total. The molecule has 30 heavy (non-hydrogen) atoms. The standard InChI is InChI=1S/C24H34N2O3S/c1-3-26(23(30)19-7-9-20(10-8-19)29-18(2)27)22-17-24(12-6-16-28-24)13-11-21(22)25-14-4-5-15-25/h7-10,21-22H,3-6,11-17H2,1-2H3. The molecule has 3 fully saturated rings. The Hall–Kier alpha value is -1.50. The first-order chi connectivity index (χ1) is 14.5. The van der Waals surface area contributed by atoms with Crippen LogP contribution in [0, 0.1) is 0 Å². The first-order valence-electron chi connectivity index (χ1n) is 11.5. The van der Waals surface area contributed by atoms with Crippen LogP contribution in [-0.2, 0) is 9.53 Å². The lowest BCUT2D eigenvalue weighted by Crippen LogP contribution is -2.59. The summed E-state index contributed by atoms with van der Waals surface area (Å²) in [4.78, 5) is 17.2. The minimum atomic E-state index is -0.307. The fourth-order valence-electron chi connectivity index (χ4n) is 5.68. The summed E-state index contributed by atoms with van der Waals surface area (Å²) >= 11 is 6.00. The van der Waals surface area contributed by atoms with Crippen LogP contribution in [0.1, 0.15) is 64.4 Å². The van der Waals surface area contributed by atoms with Crippen LogP contribution in [-0.4, -0.2) is 64.7 Å². The molecule has 1 aromatic carbocycles. The lowest BCUT2D eigenvalue weighted by Gasteiger charge is -2.50. The van der Waals surface area contributed by atoms with E-state index in [0.717, 1.165) is 30.1 Å². The van der Waals surface area contributed by atoms with E-state index in [0.29, 0.717) is 17.8 Å². The van der Waals surface area contributed by atoms with Gasteiger partial charge in [-0.1, -0.05) is 12.2 Å². The van der Waals surface area contributed by atoms with Gasteiger partial charge >= 0.3 is 5.97 Å². The van der Waals surface area contributed by atoms with E-state index in [1.54, 1.807) is 0 Å². The molecule has 4 rings (SSSR count). The van der Waals surface area contributed by atoms with Crippen LogP contribution >= 0.6 is 12.2 Å². The first-order valence-corrected chi connectivity index (χ1v) is 11.9. The largest absolute Gasteiger partial charge is 0.427 e. The van der Waals surface area contributed by atoms with E-state index in [1.807, 2.05) is 24.3 Å². The van der Waals surface area contributed by atoms with Gasteiger partial charge in [0.2, 0.25) is 0 Å². The number of hydrogen-bond donors (Lipinski definition) is 0. The Balaban J connectivity index is 1.56. The topological polar surface area (TPSA) is 42.0 Å². The van der Waals surface area contributed by atoms with E-state index in [1.165, 1.54) is 58.5 Å². The number of likely N-dealkylation sites (N-methyl/N-ethyl adjacent to an activating group) is 1. The molecule has 3 atom stereocenters. The molecule has 1 saturated carbocycles. The van der Waals surface area contributed by atoms with Crippen molar-refractivity contribution in [2.45, 2.75) is 76.5 Å². The Bertz CT molecular complexity index is 754. The van der Waals surface area contributed by atoms with Crippen LogP contribution in [0.4, 0.5) is 0 Å². The van der Waals surface area contributed by atoms with Crippen LogP contribution in [0.25, 0.3) is 0 Å². The maximum Gasteiger partial charge on any atom is 0.308 e. The molecule has 0 amide bonds. The quantitative estimate of drug-likeness (QED) is 0.397. The van der Waals surface area contributed by atoms with Gasteiger partial charge in [-0.05, 0) is 89.2 Å². The van der Waals surface area contributed by atoms with Crippen molar-refractivity contribution in [3.63, 3.8) is 0 Å². The Morgan fingerprint density at radius 2 is 1.97 bits per heavy atom. The fourth-order valence-corrected chi connectivity index (χ4v) is 6.08. The van der Waals surface area contributed by atoms with Gasteiger partial charge < -0.3 is 14.4 Å².